The second-order valence-electron chi connectivity index (χ2n) is 3.60. The largest absolute Gasteiger partial charge is 0.478 e. The maximum absolute atomic E-state index is 11.0. The van der Waals surface area contributed by atoms with E-state index in [4.69, 9.17) is 28.3 Å². The zero-order valence-electron chi connectivity index (χ0n) is 9.32. The van der Waals surface area contributed by atoms with Crippen LogP contribution in [0, 0.1) is 3.57 Å². The molecule has 0 radical (unpaired) electrons. The highest BCUT2D eigenvalue weighted by Gasteiger charge is 2.11. The smallest absolute Gasteiger partial charge is 0.337 e. The SMILES string of the molecule is O=C(O)c1cc(Nc2ccc(Cl)cc2I)ncc1Cl. The van der Waals surface area contributed by atoms with Gasteiger partial charge < -0.3 is 10.4 Å². The van der Waals surface area contributed by atoms with E-state index in [1.54, 1.807) is 18.2 Å². The standard InChI is InChI=1S/C12H7Cl2IN2O2/c13-6-1-2-10(9(15)3-6)17-11-4-7(12(18)19)8(14)5-16-11/h1-5H,(H,16,17)(H,18,19). The van der Waals surface area contributed by atoms with E-state index >= 15 is 0 Å². The monoisotopic (exact) mass is 408 g/mol. The minimum atomic E-state index is -1.10. The number of nitrogens with one attached hydrogen (secondary N) is 1. The molecule has 0 aliphatic heterocycles. The Labute approximate surface area is 132 Å². The van der Waals surface area contributed by atoms with Crippen molar-refractivity contribution in [2.75, 3.05) is 5.32 Å². The van der Waals surface area contributed by atoms with E-state index in [-0.39, 0.29) is 10.6 Å². The summed E-state index contributed by atoms with van der Waals surface area (Å²) in [6.45, 7) is 0. The average Bonchev–Trinajstić information content (AvgIpc) is 2.34. The molecule has 19 heavy (non-hydrogen) atoms. The molecule has 0 unspecified atom stereocenters. The first kappa shape index (κ1) is 14.4. The maximum Gasteiger partial charge on any atom is 0.337 e. The van der Waals surface area contributed by atoms with Gasteiger partial charge in [-0.25, -0.2) is 9.78 Å². The molecule has 98 valence electrons. The van der Waals surface area contributed by atoms with E-state index in [1.807, 2.05) is 0 Å². The summed E-state index contributed by atoms with van der Waals surface area (Å²) >= 11 is 13.7. The Morgan fingerprint density at radius 2 is 2.05 bits per heavy atom. The number of nitrogens with zero attached hydrogens (tertiary/aromatic N) is 1. The minimum Gasteiger partial charge on any atom is -0.478 e. The summed E-state index contributed by atoms with van der Waals surface area (Å²) in [4.78, 5) is 15.0. The Kier molecular flexibility index (Phi) is 4.49. The van der Waals surface area contributed by atoms with Gasteiger partial charge in [-0.3, -0.25) is 0 Å². The summed E-state index contributed by atoms with van der Waals surface area (Å²) in [6, 6.07) is 6.70. The van der Waals surface area contributed by atoms with Crippen LogP contribution in [0.25, 0.3) is 0 Å². The molecule has 4 nitrogen and oxygen atoms in total. The third-order valence-electron chi connectivity index (χ3n) is 2.28. The highest BCUT2D eigenvalue weighted by molar-refractivity contribution is 14.1. The Morgan fingerprint density at radius 3 is 2.68 bits per heavy atom. The lowest BCUT2D eigenvalue weighted by Crippen LogP contribution is -2.02. The molecule has 0 saturated heterocycles. The van der Waals surface area contributed by atoms with E-state index < -0.39 is 5.97 Å². The van der Waals surface area contributed by atoms with Crippen molar-refractivity contribution in [2.24, 2.45) is 0 Å². The number of hydrogen-bond donors (Lipinski definition) is 2. The Bertz CT molecular complexity index is 650. The van der Waals surface area contributed by atoms with Crippen LogP contribution in [0.15, 0.2) is 30.5 Å². The summed E-state index contributed by atoms with van der Waals surface area (Å²) in [5, 5.41) is 12.7. The van der Waals surface area contributed by atoms with Gasteiger partial charge >= 0.3 is 5.97 Å². The van der Waals surface area contributed by atoms with Crippen molar-refractivity contribution in [2.45, 2.75) is 0 Å². The normalized spacial score (nSPS) is 10.3. The number of carbonyl (C=O) groups is 1. The molecule has 0 bridgehead atoms. The van der Waals surface area contributed by atoms with Gasteiger partial charge in [-0.1, -0.05) is 23.2 Å². The zero-order chi connectivity index (χ0) is 14.0. The van der Waals surface area contributed by atoms with Gasteiger partial charge in [0.1, 0.15) is 5.82 Å². The molecule has 0 aliphatic carbocycles. The number of halogens is 3. The molecule has 2 aromatic rings. The number of hydrogen-bond acceptors (Lipinski definition) is 3. The third kappa shape index (κ3) is 3.49. The van der Waals surface area contributed by atoms with Crippen molar-refractivity contribution in [3.05, 3.63) is 49.6 Å². The number of benzene rings is 1. The van der Waals surface area contributed by atoms with Gasteiger partial charge in [-0.05, 0) is 46.9 Å². The van der Waals surface area contributed by atoms with Crippen LogP contribution in [-0.2, 0) is 0 Å². The number of carboxylic acids is 1. The topological polar surface area (TPSA) is 62.2 Å². The fraction of sp³-hybridized carbons (Fsp3) is 0. The fourth-order valence-electron chi connectivity index (χ4n) is 1.40. The van der Waals surface area contributed by atoms with Crippen LogP contribution in [0.1, 0.15) is 10.4 Å². The van der Waals surface area contributed by atoms with E-state index in [1.165, 1.54) is 12.3 Å². The molecule has 0 atom stereocenters. The van der Waals surface area contributed by atoms with Gasteiger partial charge in [0.05, 0.1) is 16.3 Å². The molecule has 0 amide bonds. The van der Waals surface area contributed by atoms with Crippen LogP contribution in [0.5, 0.6) is 0 Å². The van der Waals surface area contributed by atoms with Crippen LogP contribution >= 0.6 is 45.8 Å². The van der Waals surface area contributed by atoms with E-state index in [2.05, 4.69) is 32.9 Å². The number of anilines is 2. The molecule has 2 N–H and O–H groups in total. The third-order valence-corrected chi connectivity index (χ3v) is 3.71. The lowest BCUT2D eigenvalue weighted by molar-refractivity contribution is 0.0697. The van der Waals surface area contributed by atoms with Gasteiger partial charge in [0.2, 0.25) is 0 Å². The van der Waals surface area contributed by atoms with Gasteiger partial charge in [-0.15, -0.1) is 0 Å². The molecule has 1 aromatic heterocycles. The average molecular weight is 409 g/mol. The van der Waals surface area contributed by atoms with Gasteiger partial charge in [0, 0.05) is 14.8 Å². The predicted molar refractivity (Wildman–Crippen MR) is 83.7 cm³/mol. The lowest BCUT2D eigenvalue weighted by Gasteiger charge is -2.09. The molecular formula is C12H7Cl2IN2O2. The Morgan fingerprint density at radius 1 is 1.32 bits per heavy atom. The Hall–Kier alpha value is -1.05. The Balaban J connectivity index is 2.33. The summed E-state index contributed by atoms with van der Waals surface area (Å²) in [7, 11) is 0. The van der Waals surface area contributed by atoms with E-state index in [0.717, 1.165) is 9.26 Å². The second kappa shape index (κ2) is 5.94. The van der Waals surface area contributed by atoms with E-state index in [0.29, 0.717) is 10.8 Å². The fourth-order valence-corrected chi connectivity index (χ4v) is 2.59. The second-order valence-corrected chi connectivity index (χ2v) is 5.61. The highest BCUT2D eigenvalue weighted by Crippen LogP contribution is 2.26. The highest BCUT2D eigenvalue weighted by atomic mass is 127. The van der Waals surface area contributed by atoms with E-state index in [9.17, 15) is 4.79 Å². The van der Waals surface area contributed by atoms with Crippen molar-refractivity contribution in [1.29, 1.82) is 0 Å². The first-order valence-electron chi connectivity index (χ1n) is 5.08. The number of carboxylic acid groups (broad SMARTS) is 1. The molecule has 2 rings (SSSR count). The van der Waals surface area contributed by atoms with Gasteiger partial charge in [0.25, 0.3) is 0 Å². The van der Waals surface area contributed by atoms with Crippen molar-refractivity contribution >= 4 is 63.3 Å². The molecule has 0 aliphatic rings. The van der Waals surface area contributed by atoms with Crippen LogP contribution in [0.2, 0.25) is 10.0 Å². The number of rotatable bonds is 3. The molecule has 0 spiro atoms. The van der Waals surface area contributed by atoms with Crippen molar-refractivity contribution in [3.63, 3.8) is 0 Å². The molecule has 1 heterocycles. The van der Waals surface area contributed by atoms with Crippen LogP contribution < -0.4 is 5.32 Å². The molecule has 7 heteroatoms. The maximum atomic E-state index is 11.0. The number of aromatic nitrogens is 1. The van der Waals surface area contributed by atoms with Crippen molar-refractivity contribution < 1.29 is 9.90 Å². The molecular weight excluding hydrogens is 402 g/mol. The predicted octanol–water partition coefficient (Wildman–Crippen LogP) is 4.43. The summed E-state index contributed by atoms with van der Waals surface area (Å²) in [6.07, 6.45) is 1.30. The van der Waals surface area contributed by atoms with Gasteiger partial charge in [0.15, 0.2) is 0 Å². The summed E-state index contributed by atoms with van der Waals surface area (Å²) in [5.41, 5.74) is 0.791. The molecule has 0 fully saturated rings. The quantitative estimate of drug-likeness (QED) is 0.737. The first-order valence-corrected chi connectivity index (χ1v) is 6.92. The van der Waals surface area contributed by atoms with Gasteiger partial charge in [-0.2, -0.15) is 0 Å². The molecule has 1 aromatic carbocycles. The lowest BCUT2D eigenvalue weighted by atomic mass is 10.2. The molecule has 0 saturated carbocycles. The van der Waals surface area contributed by atoms with Crippen molar-refractivity contribution in [3.8, 4) is 0 Å². The summed E-state index contributed by atoms with van der Waals surface area (Å²) in [5.74, 6) is -0.691. The van der Waals surface area contributed by atoms with Crippen LogP contribution in [0.3, 0.4) is 0 Å². The first-order chi connectivity index (χ1) is 8.97. The summed E-state index contributed by atoms with van der Waals surface area (Å²) < 4.78 is 0.902. The van der Waals surface area contributed by atoms with Crippen LogP contribution in [0.4, 0.5) is 11.5 Å². The number of aromatic carboxylic acids is 1. The minimum absolute atomic E-state index is 0.00291. The number of pyridine rings is 1. The van der Waals surface area contributed by atoms with Crippen LogP contribution in [-0.4, -0.2) is 16.1 Å². The van der Waals surface area contributed by atoms with Crippen molar-refractivity contribution in [1.82, 2.24) is 4.98 Å². The zero-order valence-corrected chi connectivity index (χ0v) is 13.0.